The lowest BCUT2D eigenvalue weighted by Crippen LogP contribution is -2.55. The maximum Gasteiger partial charge on any atom is 0.223 e. The van der Waals surface area contributed by atoms with E-state index in [1.165, 1.54) is 0 Å². The van der Waals surface area contributed by atoms with Gasteiger partial charge in [0.15, 0.2) is 0 Å². The third kappa shape index (κ3) is 6.23. The summed E-state index contributed by atoms with van der Waals surface area (Å²) in [5.41, 5.74) is 2.18. The van der Waals surface area contributed by atoms with Crippen molar-refractivity contribution in [3.63, 3.8) is 0 Å². The van der Waals surface area contributed by atoms with Crippen LogP contribution in [0.2, 0.25) is 0 Å². The van der Waals surface area contributed by atoms with Gasteiger partial charge in [-0.15, -0.1) is 0 Å². The lowest BCUT2D eigenvalue weighted by Gasteiger charge is -2.40. The first-order chi connectivity index (χ1) is 15.0. The number of aryl methyl sites for hydroxylation is 2. The van der Waals surface area contributed by atoms with Gasteiger partial charge in [0, 0.05) is 38.5 Å². The SMILES string of the molecule is COc1cccc(CCC(=O)N2CCN(C(=O)CCc3cccc(OC)c3)[C@@H](C)C2)c1. The van der Waals surface area contributed by atoms with Gasteiger partial charge >= 0.3 is 0 Å². The Morgan fingerprint density at radius 3 is 1.94 bits per heavy atom. The first-order valence-electron chi connectivity index (χ1n) is 10.8. The van der Waals surface area contributed by atoms with Crippen molar-refractivity contribution < 1.29 is 19.1 Å². The van der Waals surface area contributed by atoms with Gasteiger partial charge in [0.25, 0.3) is 0 Å². The largest absolute Gasteiger partial charge is 0.497 e. The van der Waals surface area contributed by atoms with Gasteiger partial charge in [-0.05, 0) is 55.2 Å². The minimum absolute atomic E-state index is 0.0207. The monoisotopic (exact) mass is 424 g/mol. The Morgan fingerprint density at radius 2 is 1.42 bits per heavy atom. The van der Waals surface area contributed by atoms with Crippen molar-refractivity contribution >= 4 is 11.8 Å². The van der Waals surface area contributed by atoms with E-state index in [9.17, 15) is 9.59 Å². The summed E-state index contributed by atoms with van der Waals surface area (Å²) in [5, 5.41) is 0. The van der Waals surface area contributed by atoms with Gasteiger partial charge in [0.1, 0.15) is 11.5 Å². The number of hydrogen-bond donors (Lipinski definition) is 0. The van der Waals surface area contributed by atoms with E-state index in [0.717, 1.165) is 22.6 Å². The third-order valence-electron chi connectivity index (χ3n) is 5.82. The average molecular weight is 425 g/mol. The molecule has 31 heavy (non-hydrogen) atoms. The lowest BCUT2D eigenvalue weighted by atomic mass is 10.1. The van der Waals surface area contributed by atoms with Crippen molar-refractivity contribution in [1.82, 2.24) is 9.80 Å². The van der Waals surface area contributed by atoms with Crippen LogP contribution < -0.4 is 9.47 Å². The molecule has 1 aliphatic rings. The molecule has 6 nitrogen and oxygen atoms in total. The average Bonchev–Trinajstić information content (AvgIpc) is 2.81. The molecule has 1 aliphatic heterocycles. The van der Waals surface area contributed by atoms with Crippen LogP contribution in [0.3, 0.4) is 0 Å². The Labute approximate surface area is 184 Å². The van der Waals surface area contributed by atoms with E-state index in [2.05, 4.69) is 0 Å². The number of methoxy groups -OCH3 is 2. The maximum atomic E-state index is 12.8. The van der Waals surface area contributed by atoms with Crippen LogP contribution in [0.4, 0.5) is 0 Å². The molecule has 166 valence electrons. The zero-order valence-corrected chi connectivity index (χ0v) is 18.7. The van der Waals surface area contributed by atoms with Crippen LogP contribution in [-0.2, 0) is 22.4 Å². The van der Waals surface area contributed by atoms with Crippen LogP contribution in [0.15, 0.2) is 48.5 Å². The number of nitrogens with zero attached hydrogens (tertiary/aromatic N) is 2. The lowest BCUT2D eigenvalue weighted by molar-refractivity contribution is -0.142. The van der Waals surface area contributed by atoms with Crippen molar-refractivity contribution in [3.8, 4) is 11.5 Å². The molecular weight excluding hydrogens is 392 g/mol. The highest BCUT2D eigenvalue weighted by molar-refractivity contribution is 5.79. The zero-order chi connectivity index (χ0) is 22.2. The van der Waals surface area contributed by atoms with Crippen molar-refractivity contribution in [2.45, 2.75) is 38.6 Å². The molecule has 2 aromatic rings. The van der Waals surface area contributed by atoms with Crippen molar-refractivity contribution in [2.75, 3.05) is 33.9 Å². The smallest absolute Gasteiger partial charge is 0.223 e. The zero-order valence-electron chi connectivity index (χ0n) is 18.7. The van der Waals surface area contributed by atoms with Gasteiger partial charge in [0.2, 0.25) is 11.8 Å². The molecule has 1 heterocycles. The number of ether oxygens (including phenoxy) is 2. The molecule has 0 N–H and O–H groups in total. The van der Waals surface area contributed by atoms with Gasteiger partial charge in [-0.2, -0.15) is 0 Å². The summed E-state index contributed by atoms with van der Waals surface area (Å²) in [5.74, 6) is 1.89. The molecule has 0 aliphatic carbocycles. The van der Waals surface area contributed by atoms with Crippen molar-refractivity contribution in [1.29, 1.82) is 0 Å². The van der Waals surface area contributed by atoms with E-state index < -0.39 is 0 Å². The second kappa shape index (κ2) is 10.8. The molecule has 0 saturated carbocycles. The fourth-order valence-electron chi connectivity index (χ4n) is 4.01. The van der Waals surface area contributed by atoms with Crippen molar-refractivity contribution in [3.05, 3.63) is 59.7 Å². The Kier molecular flexibility index (Phi) is 7.93. The highest BCUT2D eigenvalue weighted by Gasteiger charge is 2.29. The molecule has 2 amide bonds. The molecule has 1 saturated heterocycles. The summed E-state index contributed by atoms with van der Waals surface area (Å²) in [7, 11) is 3.28. The maximum absolute atomic E-state index is 12.8. The minimum atomic E-state index is 0.0207. The first kappa shape index (κ1) is 22.7. The summed E-state index contributed by atoms with van der Waals surface area (Å²) in [6.45, 7) is 3.78. The standard InChI is InChI=1S/C25H32N2O4/c1-19-18-26(24(28)12-10-20-6-4-8-22(16-20)30-2)14-15-27(19)25(29)13-11-21-7-5-9-23(17-21)31-3/h4-9,16-17,19H,10-15,18H2,1-3H3/t19-/m0/s1. The molecule has 0 bridgehead atoms. The molecule has 0 aromatic heterocycles. The van der Waals surface area contributed by atoms with Crippen LogP contribution in [0, 0.1) is 0 Å². The van der Waals surface area contributed by atoms with E-state index >= 15 is 0 Å². The summed E-state index contributed by atoms with van der Waals surface area (Å²) >= 11 is 0. The van der Waals surface area contributed by atoms with Crippen LogP contribution >= 0.6 is 0 Å². The molecule has 0 radical (unpaired) electrons. The van der Waals surface area contributed by atoms with E-state index in [1.807, 2.05) is 65.3 Å². The number of piperazine rings is 1. The highest BCUT2D eigenvalue weighted by atomic mass is 16.5. The molecular formula is C25H32N2O4. The summed E-state index contributed by atoms with van der Waals surface area (Å²) in [4.78, 5) is 29.3. The van der Waals surface area contributed by atoms with E-state index in [1.54, 1.807) is 14.2 Å². The predicted molar refractivity (Wildman–Crippen MR) is 120 cm³/mol. The fourth-order valence-corrected chi connectivity index (χ4v) is 4.01. The molecule has 0 spiro atoms. The fraction of sp³-hybridized carbons (Fsp3) is 0.440. The summed E-state index contributed by atoms with van der Waals surface area (Å²) < 4.78 is 10.5. The van der Waals surface area contributed by atoms with Crippen LogP contribution in [0.25, 0.3) is 0 Å². The predicted octanol–water partition coefficient (Wildman–Crippen LogP) is 3.33. The van der Waals surface area contributed by atoms with E-state index in [-0.39, 0.29) is 17.9 Å². The number of carbonyl (C=O) groups excluding carboxylic acids is 2. The summed E-state index contributed by atoms with van der Waals surface area (Å²) in [6, 6.07) is 15.7. The van der Waals surface area contributed by atoms with Gasteiger partial charge in [-0.25, -0.2) is 0 Å². The topological polar surface area (TPSA) is 59.1 Å². The minimum Gasteiger partial charge on any atom is -0.497 e. The second-order valence-corrected chi connectivity index (χ2v) is 7.98. The molecule has 2 aromatic carbocycles. The second-order valence-electron chi connectivity index (χ2n) is 7.98. The number of rotatable bonds is 8. The molecule has 1 atom stereocenters. The molecule has 6 heteroatoms. The summed E-state index contributed by atoms with van der Waals surface area (Å²) in [6.07, 6.45) is 2.29. The molecule has 0 unspecified atom stereocenters. The highest BCUT2D eigenvalue weighted by Crippen LogP contribution is 2.18. The van der Waals surface area contributed by atoms with Crippen LogP contribution in [0.1, 0.15) is 30.9 Å². The van der Waals surface area contributed by atoms with Crippen LogP contribution in [0.5, 0.6) is 11.5 Å². The van der Waals surface area contributed by atoms with Crippen LogP contribution in [-0.4, -0.2) is 61.5 Å². The Bertz CT molecular complexity index is 899. The van der Waals surface area contributed by atoms with E-state index in [4.69, 9.17) is 9.47 Å². The number of amides is 2. The van der Waals surface area contributed by atoms with Gasteiger partial charge in [-0.1, -0.05) is 24.3 Å². The number of benzene rings is 2. The Hall–Kier alpha value is -3.02. The number of hydrogen-bond acceptors (Lipinski definition) is 4. The van der Waals surface area contributed by atoms with Gasteiger partial charge < -0.3 is 19.3 Å². The normalized spacial score (nSPS) is 16.2. The molecule has 1 fully saturated rings. The Morgan fingerprint density at radius 1 is 0.871 bits per heavy atom. The van der Waals surface area contributed by atoms with E-state index in [0.29, 0.717) is 45.3 Å². The van der Waals surface area contributed by atoms with Gasteiger partial charge in [-0.3, -0.25) is 9.59 Å². The third-order valence-corrected chi connectivity index (χ3v) is 5.82. The molecule has 3 rings (SSSR count). The van der Waals surface area contributed by atoms with Gasteiger partial charge in [0.05, 0.1) is 14.2 Å². The number of carbonyl (C=O) groups is 2. The Balaban J connectivity index is 1.46. The first-order valence-corrected chi connectivity index (χ1v) is 10.8. The quantitative estimate of drug-likeness (QED) is 0.652. The van der Waals surface area contributed by atoms with Crippen molar-refractivity contribution in [2.24, 2.45) is 0 Å².